The lowest BCUT2D eigenvalue weighted by Crippen LogP contribution is -2.14. The van der Waals surface area contributed by atoms with Crippen molar-refractivity contribution in [2.75, 3.05) is 5.32 Å². The van der Waals surface area contributed by atoms with Gasteiger partial charge in [0.1, 0.15) is 0 Å². The van der Waals surface area contributed by atoms with E-state index in [9.17, 15) is 4.79 Å². The number of hydrogen-bond acceptors (Lipinski definition) is 3. The van der Waals surface area contributed by atoms with Gasteiger partial charge >= 0.3 is 0 Å². The fourth-order valence-electron chi connectivity index (χ4n) is 2.25. The number of aromatic nitrogens is 4. The number of nitrogens with zero attached hydrogens (tertiary/aromatic N) is 4. The lowest BCUT2D eigenvalue weighted by atomic mass is 10.2. The topological polar surface area (TPSA) is 64.7 Å². The van der Waals surface area contributed by atoms with Crippen LogP contribution < -0.4 is 5.32 Å². The molecule has 1 aromatic carbocycles. The van der Waals surface area contributed by atoms with Crippen molar-refractivity contribution in [2.24, 2.45) is 0 Å². The van der Waals surface area contributed by atoms with Gasteiger partial charge in [-0.15, -0.1) is 0 Å². The average molecular weight is 399 g/mol. The molecule has 25 heavy (non-hydrogen) atoms. The standard InChI is InChI=1S/C16H14Cl3N5O/c1-2-23-9-13(19)15(22-23)16(25)20-14-6-7-24(21-14)8-10-11(17)4-3-5-12(10)18/h3-7,9H,2,8H2,1H3,(H,20,21,25). The van der Waals surface area contributed by atoms with Gasteiger partial charge in [-0.05, 0) is 19.1 Å². The molecule has 0 unspecified atom stereocenters. The van der Waals surface area contributed by atoms with E-state index in [0.29, 0.717) is 34.0 Å². The van der Waals surface area contributed by atoms with Crippen molar-refractivity contribution in [1.82, 2.24) is 19.6 Å². The molecule has 2 aromatic heterocycles. The third kappa shape index (κ3) is 3.98. The summed E-state index contributed by atoms with van der Waals surface area (Å²) in [4.78, 5) is 12.3. The van der Waals surface area contributed by atoms with Gasteiger partial charge in [0.15, 0.2) is 11.5 Å². The molecule has 0 saturated carbocycles. The number of benzene rings is 1. The van der Waals surface area contributed by atoms with Gasteiger partial charge in [-0.1, -0.05) is 40.9 Å². The molecule has 1 amide bonds. The minimum absolute atomic E-state index is 0.159. The molecule has 0 saturated heterocycles. The summed E-state index contributed by atoms with van der Waals surface area (Å²) in [6.45, 7) is 2.92. The van der Waals surface area contributed by atoms with Gasteiger partial charge < -0.3 is 5.32 Å². The zero-order valence-electron chi connectivity index (χ0n) is 13.2. The van der Waals surface area contributed by atoms with Crippen molar-refractivity contribution < 1.29 is 4.79 Å². The van der Waals surface area contributed by atoms with Gasteiger partial charge in [0, 0.05) is 40.6 Å². The van der Waals surface area contributed by atoms with Gasteiger partial charge in [0.2, 0.25) is 0 Å². The number of anilines is 1. The number of hydrogen-bond donors (Lipinski definition) is 1. The molecule has 9 heteroatoms. The third-order valence-electron chi connectivity index (χ3n) is 3.52. The Morgan fingerprint density at radius 2 is 1.80 bits per heavy atom. The van der Waals surface area contributed by atoms with Crippen molar-refractivity contribution in [3.8, 4) is 0 Å². The molecule has 0 aliphatic carbocycles. The quantitative estimate of drug-likeness (QED) is 0.694. The summed E-state index contributed by atoms with van der Waals surface area (Å²) >= 11 is 18.4. The Morgan fingerprint density at radius 3 is 2.44 bits per heavy atom. The molecule has 3 aromatic rings. The van der Waals surface area contributed by atoms with Crippen molar-refractivity contribution in [3.05, 3.63) is 63.0 Å². The molecule has 1 N–H and O–H groups in total. The second-order valence-corrected chi connectivity index (χ2v) is 6.46. The number of carbonyl (C=O) groups excluding carboxylic acids is 1. The van der Waals surface area contributed by atoms with Crippen LogP contribution in [0.2, 0.25) is 15.1 Å². The lowest BCUT2D eigenvalue weighted by molar-refractivity contribution is 0.102. The fraction of sp³-hybridized carbons (Fsp3) is 0.188. The Bertz CT molecular complexity index is 898. The highest BCUT2D eigenvalue weighted by Crippen LogP contribution is 2.25. The number of rotatable bonds is 5. The number of aryl methyl sites for hydroxylation is 1. The summed E-state index contributed by atoms with van der Waals surface area (Å²) in [6, 6.07) is 6.98. The molecule has 0 aliphatic heterocycles. The predicted octanol–water partition coefficient (Wildman–Crippen LogP) is 4.36. The Labute approximate surface area is 159 Å². The van der Waals surface area contributed by atoms with Gasteiger partial charge in [0.05, 0.1) is 11.6 Å². The van der Waals surface area contributed by atoms with E-state index in [1.54, 1.807) is 46.0 Å². The maximum atomic E-state index is 12.3. The zero-order valence-corrected chi connectivity index (χ0v) is 15.5. The highest BCUT2D eigenvalue weighted by molar-refractivity contribution is 6.36. The average Bonchev–Trinajstić information content (AvgIpc) is 3.17. The molecule has 3 rings (SSSR count). The van der Waals surface area contributed by atoms with Crippen LogP contribution in [0.5, 0.6) is 0 Å². The number of halogens is 3. The van der Waals surface area contributed by atoms with E-state index < -0.39 is 5.91 Å². The normalized spacial score (nSPS) is 10.9. The van der Waals surface area contributed by atoms with Crippen LogP contribution in [-0.2, 0) is 13.1 Å². The van der Waals surface area contributed by atoms with Crippen molar-refractivity contribution in [3.63, 3.8) is 0 Å². The first-order valence-electron chi connectivity index (χ1n) is 7.48. The van der Waals surface area contributed by atoms with Crippen LogP contribution in [0.15, 0.2) is 36.7 Å². The molecule has 0 atom stereocenters. The van der Waals surface area contributed by atoms with E-state index in [1.807, 2.05) is 6.92 Å². The Kier molecular flexibility index (Phi) is 5.32. The maximum Gasteiger partial charge on any atom is 0.278 e. The molecule has 6 nitrogen and oxygen atoms in total. The number of carbonyl (C=O) groups is 1. The first-order chi connectivity index (χ1) is 12.0. The van der Waals surface area contributed by atoms with E-state index in [2.05, 4.69) is 15.5 Å². The summed E-state index contributed by atoms with van der Waals surface area (Å²) < 4.78 is 3.23. The van der Waals surface area contributed by atoms with Crippen LogP contribution in [0.25, 0.3) is 0 Å². The molecule has 130 valence electrons. The Hall–Kier alpha value is -2.02. The van der Waals surface area contributed by atoms with Gasteiger partial charge in [-0.2, -0.15) is 10.2 Å². The van der Waals surface area contributed by atoms with E-state index in [4.69, 9.17) is 34.8 Å². The van der Waals surface area contributed by atoms with Crippen LogP contribution in [-0.4, -0.2) is 25.5 Å². The van der Waals surface area contributed by atoms with Crippen LogP contribution in [0.1, 0.15) is 23.0 Å². The van der Waals surface area contributed by atoms with Gasteiger partial charge in [0.25, 0.3) is 5.91 Å². The van der Waals surface area contributed by atoms with Crippen LogP contribution in [0.3, 0.4) is 0 Å². The van der Waals surface area contributed by atoms with E-state index in [1.165, 1.54) is 0 Å². The minimum Gasteiger partial charge on any atom is -0.304 e. The zero-order chi connectivity index (χ0) is 18.0. The van der Waals surface area contributed by atoms with Crippen LogP contribution in [0, 0.1) is 0 Å². The molecule has 0 aliphatic rings. The summed E-state index contributed by atoms with van der Waals surface area (Å²) in [7, 11) is 0. The number of nitrogens with one attached hydrogen (secondary N) is 1. The smallest absolute Gasteiger partial charge is 0.278 e. The van der Waals surface area contributed by atoms with Crippen molar-refractivity contribution in [2.45, 2.75) is 20.0 Å². The molecule has 0 spiro atoms. The first kappa shape index (κ1) is 17.8. The highest BCUT2D eigenvalue weighted by atomic mass is 35.5. The summed E-state index contributed by atoms with van der Waals surface area (Å²) in [6.07, 6.45) is 3.33. The molecular weight excluding hydrogens is 385 g/mol. The second-order valence-electron chi connectivity index (χ2n) is 5.23. The minimum atomic E-state index is -0.418. The third-order valence-corrected chi connectivity index (χ3v) is 4.50. The Balaban J connectivity index is 1.73. The summed E-state index contributed by atoms with van der Waals surface area (Å²) in [5, 5.41) is 12.5. The molecular formula is C16H14Cl3N5O. The number of amides is 1. The van der Waals surface area contributed by atoms with Gasteiger partial charge in [-0.3, -0.25) is 14.2 Å². The molecule has 0 bridgehead atoms. The second kappa shape index (κ2) is 7.47. The van der Waals surface area contributed by atoms with Crippen molar-refractivity contribution in [1.29, 1.82) is 0 Å². The molecule has 2 heterocycles. The maximum absolute atomic E-state index is 12.3. The first-order valence-corrected chi connectivity index (χ1v) is 8.62. The van der Waals surface area contributed by atoms with Crippen LogP contribution >= 0.6 is 34.8 Å². The lowest BCUT2D eigenvalue weighted by Gasteiger charge is -2.07. The highest BCUT2D eigenvalue weighted by Gasteiger charge is 2.16. The van der Waals surface area contributed by atoms with E-state index in [-0.39, 0.29) is 5.69 Å². The van der Waals surface area contributed by atoms with E-state index in [0.717, 1.165) is 5.56 Å². The summed E-state index contributed by atoms with van der Waals surface area (Å²) in [5.74, 6) is -0.0338. The Morgan fingerprint density at radius 1 is 1.08 bits per heavy atom. The largest absolute Gasteiger partial charge is 0.304 e. The SMILES string of the molecule is CCn1cc(Cl)c(C(=O)Nc2ccn(Cc3c(Cl)cccc3Cl)n2)n1. The monoisotopic (exact) mass is 397 g/mol. The van der Waals surface area contributed by atoms with E-state index >= 15 is 0 Å². The molecule has 0 fully saturated rings. The van der Waals surface area contributed by atoms with Crippen LogP contribution in [0.4, 0.5) is 5.82 Å². The predicted molar refractivity (Wildman–Crippen MR) is 98.7 cm³/mol. The van der Waals surface area contributed by atoms with Crippen molar-refractivity contribution >= 4 is 46.5 Å². The van der Waals surface area contributed by atoms with Gasteiger partial charge in [-0.25, -0.2) is 0 Å². The molecule has 0 radical (unpaired) electrons. The summed E-state index contributed by atoms with van der Waals surface area (Å²) in [5.41, 5.74) is 0.920. The fourth-order valence-corrected chi connectivity index (χ4v) is 3.00.